The number of carbonyl (C=O) groups excluding carboxylic acids is 1. The van der Waals surface area contributed by atoms with E-state index < -0.39 is 6.09 Å². The molecule has 1 aromatic rings. The van der Waals surface area contributed by atoms with Gasteiger partial charge in [0.1, 0.15) is 6.61 Å². The molecular formula is C13H19N3O2. The highest BCUT2D eigenvalue weighted by molar-refractivity contribution is 5.89. The van der Waals surface area contributed by atoms with E-state index in [1.165, 1.54) is 0 Å². The molecule has 0 saturated carbocycles. The maximum Gasteiger partial charge on any atom is 0.437 e. The highest BCUT2D eigenvalue weighted by Crippen LogP contribution is 2.02. The quantitative estimate of drug-likeness (QED) is 0.592. The molecule has 0 aromatic heterocycles. The summed E-state index contributed by atoms with van der Waals surface area (Å²) in [6.07, 6.45) is -0.587. The molecule has 0 N–H and O–H groups in total. The Bertz CT molecular complexity index is 404. The van der Waals surface area contributed by atoms with Crippen LogP contribution in [0.4, 0.5) is 4.79 Å². The average Bonchev–Trinajstić information content (AvgIpc) is 2.34. The summed E-state index contributed by atoms with van der Waals surface area (Å²) in [4.78, 5) is 19.0. The Kier molecular flexibility index (Phi) is 5.17. The Morgan fingerprint density at radius 2 is 1.67 bits per heavy atom. The summed E-state index contributed by atoms with van der Waals surface area (Å²) in [5.74, 6) is 0.549. The molecule has 18 heavy (non-hydrogen) atoms. The predicted octanol–water partition coefficient (Wildman–Crippen LogP) is 1.80. The van der Waals surface area contributed by atoms with Gasteiger partial charge in [-0.05, 0) is 5.56 Å². The molecular weight excluding hydrogens is 230 g/mol. The zero-order valence-corrected chi connectivity index (χ0v) is 11.3. The predicted molar refractivity (Wildman–Crippen MR) is 71.4 cm³/mol. The number of nitrogens with zero attached hydrogens (tertiary/aromatic N) is 3. The Morgan fingerprint density at radius 3 is 2.17 bits per heavy atom. The SMILES string of the molecule is CN(C)C(=NC(=O)OCc1ccccc1)N(C)C. The lowest BCUT2D eigenvalue weighted by molar-refractivity contribution is 0.150. The summed E-state index contributed by atoms with van der Waals surface area (Å²) >= 11 is 0. The summed E-state index contributed by atoms with van der Waals surface area (Å²) in [6.45, 7) is 0.233. The molecule has 5 nitrogen and oxygen atoms in total. The zero-order valence-electron chi connectivity index (χ0n) is 11.3. The van der Waals surface area contributed by atoms with E-state index in [-0.39, 0.29) is 6.61 Å². The average molecular weight is 249 g/mol. The standard InChI is InChI=1S/C13H19N3O2/c1-15(2)12(16(3)4)14-13(17)18-10-11-8-6-5-7-9-11/h5-9H,10H2,1-4H3. The molecule has 0 radical (unpaired) electrons. The first kappa shape index (κ1) is 14.0. The number of hydrogen-bond donors (Lipinski definition) is 0. The van der Waals surface area contributed by atoms with Crippen LogP contribution in [-0.4, -0.2) is 50.0 Å². The topological polar surface area (TPSA) is 45.1 Å². The van der Waals surface area contributed by atoms with E-state index in [2.05, 4.69) is 4.99 Å². The van der Waals surface area contributed by atoms with Crippen LogP contribution in [0.25, 0.3) is 0 Å². The largest absolute Gasteiger partial charge is 0.443 e. The van der Waals surface area contributed by atoms with E-state index >= 15 is 0 Å². The highest BCUT2D eigenvalue weighted by Gasteiger charge is 2.09. The van der Waals surface area contributed by atoms with Gasteiger partial charge in [-0.1, -0.05) is 30.3 Å². The summed E-state index contributed by atoms with van der Waals surface area (Å²) in [6, 6.07) is 9.51. The van der Waals surface area contributed by atoms with E-state index in [0.29, 0.717) is 5.96 Å². The fraction of sp³-hybridized carbons (Fsp3) is 0.385. The van der Waals surface area contributed by atoms with Crippen LogP contribution in [0.2, 0.25) is 0 Å². The van der Waals surface area contributed by atoms with Gasteiger partial charge in [-0.25, -0.2) is 4.79 Å². The number of benzene rings is 1. The van der Waals surface area contributed by atoms with Gasteiger partial charge in [0.25, 0.3) is 0 Å². The third kappa shape index (κ3) is 4.45. The molecule has 0 bridgehead atoms. The lowest BCUT2D eigenvalue weighted by atomic mass is 10.2. The lowest BCUT2D eigenvalue weighted by Gasteiger charge is -2.21. The Morgan fingerprint density at radius 1 is 1.11 bits per heavy atom. The zero-order chi connectivity index (χ0) is 13.5. The minimum atomic E-state index is -0.587. The molecule has 98 valence electrons. The van der Waals surface area contributed by atoms with Crippen LogP contribution >= 0.6 is 0 Å². The van der Waals surface area contributed by atoms with E-state index in [4.69, 9.17) is 4.74 Å². The Labute approximate surface area is 108 Å². The first-order chi connectivity index (χ1) is 8.50. The summed E-state index contributed by atoms with van der Waals surface area (Å²) in [5, 5.41) is 0. The smallest absolute Gasteiger partial charge is 0.437 e. The van der Waals surface area contributed by atoms with Gasteiger partial charge in [0.2, 0.25) is 5.96 Å². The van der Waals surface area contributed by atoms with Crippen LogP contribution in [-0.2, 0) is 11.3 Å². The molecule has 0 unspecified atom stereocenters. The molecule has 0 aliphatic heterocycles. The van der Waals surface area contributed by atoms with Crippen molar-refractivity contribution in [3.8, 4) is 0 Å². The van der Waals surface area contributed by atoms with Crippen molar-refractivity contribution in [3.63, 3.8) is 0 Å². The second kappa shape index (κ2) is 6.64. The molecule has 0 aliphatic carbocycles. The van der Waals surface area contributed by atoms with Crippen LogP contribution in [0.15, 0.2) is 35.3 Å². The van der Waals surface area contributed by atoms with Crippen molar-refractivity contribution >= 4 is 12.1 Å². The van der Waals surface area contributed by atoms with Crippen LogP contribution in [0.3, 0.4) is 0 Å². The number of rotatable bonds is 2. The van der Waals surface area contributed by atoms with Gasteiger partial charge in [-0.3, -0.25) is 0 Å². The third-order valence-corrected chi connectivity index (χ3v) is 2.20. The van der Waals surface area contributed by atoms with Gasteiger partial charge in [-0.2, -0.15) is 0 Å². The van der Waals surface area contributed by atoms with Gasteiger partial charge >= 0.3 is 6.09 Å². The summed E-state index contributed by atoms with van der Waals surface area (Å²) in [7, 11) is 7.29. The Balaban J connectivity index is 2.58. The second-order valence-electron chi connectivity index (χ2n) is 4.24. The fourth-order valence-corrected chi connectivity index (χ4v) is 1.43. The van der Waals surface area contributed by atoms with Gasteiger partial charge in [0.15, 0.2) is 0 Å². The third-order valence-electron chi connectivity index (χ3n) is 2.20. The molecule has 1 amide bonds. The van der Waals surface area contributed by atoms with Crippen molar-refractivity contribution in [2.45, 2.75) is 6.61 Å². The molecule has 1 aromatic carbocycles. The molecule has 0 saturated heterocycles. The number of aliphatic imine (C=N–C) groups is 1. The molecule has 0 spiro atoms. The molecule has 1 rings (SSSR count). The number of ether oxygens (including phenoxy) is 1. The van der Waals surface area contributed by atoms with Crippen molar-refractivity contribution in [2.75, 3.05) is 28.2 Å². The van der Waals surface area contributed by atoms with Crippen molar-refractivity contribution < 1.29 is 9.53 Å². The van der Waals surface area contributed by atoms with E-state index in [0.717, 1.165) is 5.56 Å². The van der Waals surface area contributed by atoms with Crippen LogP contribution in [0, 0.1) is 0 Å². The highest BCUT2D eigenvalue weighted by atomic mass is 16.5. The first-order valence-corrected chi connectivity index (χ1v) is 5.64. The van der Waals surface area contributed by atoms with Crippen molar-refractivity contribution in [2.24, 2.45) is 4.99 Å². The first-order valence-electron chi connectivity index (χ1n) is 5.64. The summed E-state index contributed by atoms with van der Waals surface area (Å²) in [5.41, 5.74) is 0.942. The van der Waals surface area contributed by atoms with E-state index in [9.17, 15) is 4.79 Å². The van der Waals surface area contributed by atoms with Crippen molar-refractivity contribution in [3.05, 3.63) is 35.9 Å². The van der Waals surface area contributed by atoms with Gasteiger partial charge < -0.3 is 14.5 Å². The van der Waals surface area contributed by atoms with Crippen molar-refractivity contribution in [1.29, 1.82) is 0 Å². The van der Waals surface area contributed by atoms with Gasteiger partial charge in [0, 0.05) is 28.2 Å². The minimum absolute atomic E-state index is 0.233. The number of amides is 1. The molecule has 0 aliphatic rings. The lowest BCUT2D eigenvalue weighted by Crippen LogP contribution is -2.36. The molecule has 0 atom stereocenters. The molecule has 5 heteroatoms. The van der Waals surface area contributed by atoms with Crippen LogP contribution < -0.4 is 0 Å². The molecule has 0 fully saturated rings. The second-order valence-corrected chi connectivity index (χ2v) is 4.24. The van der Waals surface area contributed by atoms with E-state index in [1.807, 2.05) is 58.5 Å². The van der Waals surface area contributed by atoms with Crippen molar-refractivity contribution in [1.82, 2.24) is 9.80 Å². The van der Waals surface area contributed by atoms with Crippen LogP contribution in [0.5, 0.6) is 0 Å². The maximum absolute atomic E-state index is 11.6. The van der Waals surface area contributed by atoms with Gasteiger partial charge in [-0.15, -0.1) is 4.99 Å². The fourth-order valence-electron chi connectivity index (χ4n) is 1.43. The number of hydrogen-bond acceptors (Lipinski definition) is 2. The molecule has 0 heterocycles. The van der Waals surface area contributed by atoms with E-state index in [1.54, 1.807) is 9.80 Å². The number of guanidine groups is 1. The Hall–Kier alpha value is -2.04. The van der Waals surface area contributed by atoms with Gasteiger partial charge in [0.05, 0.1) is 0 Å². The normalized spacial score (nSPS) is 9.56. The monoisotopic (exact) mass is 249 g/mol. The minimum Gasteiger partial charge on any atom is -0.443 e. The number of carbonyl (C=O) groups is 1. The summed E-state index contributed by atoms with van der Waals surface area (Å²) < 4.78 is 5.08. The van der Waals surface area contributed by atoms with Crippen LogP contribution in [0.1, 0.15) is 5.56 Å². The maximum atomic E-state index is 11.6.